The zero-order chi connectivity index (χ0) is 15.2. The second kappa shape index (κ2) is 7.90. The van der Waals surface area contributed by atoms with E-state index in [9.17, 15) is 10.2 Å². The predicted octanol–water partition coefficient (Wildman–Crippen LogP) is 2.65. The van der Waals surface area contributed by atoms with E-state index in [1.54, 1.807) is 0 Å². The van der Waals surface area contributed by atoms with E-state index in [4.69, 9.17) is 9.47 Å². The summed E-state index contributed by atoms with van der Waals surface area (Å²) in [5.41, 5.74) is 0.939. The van der Waals surface area contributed by atoms with Gasteiger partial charge in [-0.3, -0.25) is 0 Å². The highest BCUT2D eigenvalue weighted by Crippen LogP contribution is 2.31. The summed E-state index contributed by atoms with van der Waals surface area (Å²) in [5.74, 6) is -0.0646. The van der Waals surface area contributed by atoms with Crippen molar-refractivity contribution in [1.82, 2.24) is 0 Å². The summed E-state index contributed by atoms with van der Waals surface area (Å²) >= 11 is 0. The molecule has 118 valence electrons. The third kappa shape index (κ3) is 4.51. The van der Waals surface area contributed by atoms with Crippen molar-refractivity contribution in [3.63, 3.8) is 0 Å². The van der Waals surface area contributed by atoms with Crippen LogP contribution in [-0.2, 0) is 9.47 Å². The molecule has 0 bridgehead atoms. The van der Waals surface area contributed by atoms with Crippen molar-refractivity contribution in [2.75, 3.05) is 6.61 Å². The molecule has 0 radical (unpaired) electrons. The molecule has 0 aromatic heterocycles. The molecule has 1 aliphatic heterocycles. The molecule has 4 heteroatoms. The molecular weight excluding hydrogens is 268 g/mol. The fourth-order valence-corrected chi connectivity index (χ4v) is 2.68. The maximum Gasteiger partial charge on any atom is 0.184 e. The molecule has 1 saturated heterocycles. The number of hydrogen-bond acceptors (Lipinski definition) is 4. The van der Waals surface area contributed by atoms with Gasteiger partial charge < -0.3 is 19.7 Å². The van der Waals surface area contributed by atoms with E-state index >= 15 is 0 Å². The second-order valence-corrected chi connectivity index (χ2v) is 5.86. The minimum absolute atomic E-state index is 0.0646. The van der Waals surface area contributed by atoms with Crippen molar-refractivity contribution in [3.8, 4) is 0 Å². The third-order valence-electron chi connectivity index (χ3n) is 4.11. The Labute approximate surface area is 126 Å². The van der Waals surface area contributed by atoms with Crippen LogP contribution in [0.1, 0.15) is 45.0 Å². The van der Waals surface area contributed by atoms with Crippen LogP contribution in [0.15, 0.2) is 30.3 Å². The molecule has 2 unspecified atom stereocenters. The predicted molar refractivity (Wildman–Crippen MR) is 80.7 cm³/mol. The van der Waals surface area contributed by atoms with Gasteiger partial charge in [0.1, 0.15) is 0 Å². The first-order valence-electron chi connectivity index (χ1n) is 7.80. The molecule has 0 aliphatic carbocycles. The zero-order valence-corrected chi connectivity index (χ0v) is 12.8. The van der Waals surface area contributed by atoms with Crippen LogP contribution in [0.4, 0.5) is 0 Å². The van der Waals surface area contributed by atoms with Gasteiger partial charge in [-0.15, -0.1) is 0 Å². The van der Waals surface area contributed by atoms with Gasteiger partial charge in [0.25, 0.3) is 0 Å². The molecule has 21 heavy (non-hydrogen) atoms. The Morgan fingerprint density at radius 3 is 2.67 bits per heavy atom. The summed E-state index contributed by atoms with van der Waals surface area (Å²) in [6.07, 6.45) is 0.544. The van der Waals surface area contributed by atoms with E-state index in [-0.39, 0.29) is 18.6 Å². The number of aliphatic hydroxyl groups is 2. The van der Waals surface area contributed by atoms with E-state index in [2.05, 4.69) is 0 Å². The molecule has 2 rings (SSSR count). The van der Waals surface area contributed by atoms with Gasteiger partial charge in [0.15, 0.2) is 6.29 Å². The largest absolute Gasteiger partial charge is 0.393 e. The SMILES string of the molecule is CCC[C@H](O)C[C@@H]1OC(c2ccccc2)OC[C@@H](O)C1C. The number of hydrogen-bond donors (Lipinski definition) is 2. The monoisotopic (exact) mass is 294 g/mol. The average molecular weight is 294 g/mol. The van der Waals surface area contributed by atoms with E-state index in [1.807, 2.05) is 44.2 Å². The van der Waals surface area contributed by atoms with Crippen LogP contribution in [0.5, 0.6) is 0 Å². The van der Waals surface area contributed by atoms with E-state index in [0.29, 0.717) is 6.42 Å². The molecule has 0 amide bonds. The highest BCUT2D eigenvalue weighted by Gasteiger charge is 2.34. The lowest BCUT2D eigenvalue weighted by atomic mass is 9.93. The number of rotatable bonds is 5. The van der Waals surface area contributed by atoms with E-state index in [0.717, 1.165) is 18.4 Å². The lowest BCUT2D eigenvalue weighted by Gasteiger charge is -2.27. The maximum atomic E-state index is 10.1. The summed E-state index contributed by atoms with van der Waals surface area (Å²) in [7, 11) is 0. The maximum absolute atomic E-state index is 10.1. The molecule has 0 saturated carbocycles. The second-order valence-electron chi connectivity index (χ2n) is 5.86. The van der Waals surface area contributed by atoms with Crippen molar-refractivity contribution in [2.45, 2.75) is 57.7 Å². The first-order chi connectivity index (χ1) is 10.1. The van der Waals surface area contributed by atoms with Gasteiger partial charge in [-0.25, -0.2) is 0 Å². The normalized spacial score (nSPS) is 31.6. The van der Waals surface area contributed by atoms with Gasteiger partial charge in [0.05, 0.1) is 24.9 Å². The minimum Gasteiger partial charge on any atom is -0.393 e. The minimum atomic E-state index is -0.572. The van der Waals surface area contributed by atoms with Crippen LogP contribution >= 0.6 is 0 Å². The zero-order valence-electron chi connectivity index (χ0n) is 12.8. The highest BCUT2D eigenvalue weighted by molar-refractivity contribution is 5.16. The summed E-state index contributed by atoms with van der Waals surface area (Å²) in [6.45, 7) is 4.25. The Morgan fingerprint density at radius 1 is 1.29 bits per heavy atom. The van der Waals surface area contributed by atoms with Crippen molar-refractivity contribution < 1.29 is 19.7 Å². The average Bonchev–Trinajstić information content (AvgIpc) is 2.62. The topological polar surface area (TPSA) is 58.9 Å². The van der Waals surface area contributed by atoms with Crippen molar-refractivity contribution >= 4 is 0 Å². The molecule has 5 atom stereocenters. The van der Waals surface area contributed by atoms with E-state index < -0.39 is 18.5 Å². The Morgan fingerprint density at radius 2 is 2.00 bits per heavy atom. The first-order valence-corrected chi connectivity index (χ1v) is 7.80. The molecular formula is C17H26O4. The standard InChI is InChI=1S/C17H26O4/c1-3-7-14(18)10-16-12(2)15(19)11-20-17(21-16)13-8-5-4-6-9-13/h4-6,8-9,12,14-19H,3,7,10-11H2,1-2H3/t12?,14-,15+,16-,17?/m0/s1. The van der Waals surface area contributed by atoms with Crippen LogP contribution in [0.25, 0.3) is 0 Å². The number of benzene rings is 1. The van der Waals surface area contributed by atoms with Crippen LogP contribution in [-0.4, -0.2) is 35.1 Å². The van der Waals surface area contributed by atoms with Crippen molar-refractivity contribution in [2.24, 2.45) is 5.92 Å². The lowest BCUT2D eigenvalue weighted by molar-refractivity contribution is -0.169. The van der Waals surface area contributed by atoms with Gasteiger partial charge in [0, 0.05) is 11.5 Å². The fraction of sp³-hybridized carbons (Fsp3) is 0.647. The Balaban J connectivity index is 2.09. The molecule has 2 N–H and O–H groups in total. The number of ether oxygens (including phenoxy) is 2. The first kappa shape index (κ1) is 16.4. The molecule has 1 heterocycles. The smallest absolute Gasteiger partial charge is 0.184 e. The molecule has 0 spiro atoms. The Kier molecular flexibility index (Phi) is 6.18. The molecule has 1 aromatic carbocycles. The van der Waals surface area contributed by atoms with Crippen LogP contribution in [0.3, 0.4) is 0 Å². The van der Waals surface area contributed by atoms with Gasteiger partial charge in [-0.05, 0) is 12.8 Å². The highest BCUT2D eigenvalue weighted by atomic mass is 16.7. The van der Waals surface area contributed by atoms with Crippen LogP contribution in [0, 0.1) is 5.92 Å². The summed E-state index contributed by atoms with van der Waals surface area (Å²) < 4.78 is 11.7. The lowest BCUT2D eigenvalue weighted by Crippen LogP contribution is -2.33. The van der Waals surface area contributed by atoms with Crippen LogP contribution < -0.4 is 0 Å². The Bertz CT molecular complexity index is 409. The Hall–Kier alpha value is -0.940. The van der Waals surface area contributed by atoms with E-state index in [1.165, 1.54) is 0 Å². The van der Waals surface area contributed by atoms with Crippen molar-refractivity contribution in [1.29, 1.82) is 0 Å². The fourth-order valence-electron chi connectivity index (χ4n) is 2.68. The quantitative estimate of drug-likeness (QED) is 0.876. The molecule has 1 aliphatic rings. The third-order valence-corrected chi connectivity index (χ3v) is 4.11. The van der Waals surface area contributed by atoms with Gasteiger partial charge in [-0.1, -0.05) is 50.6 Å². The van der Waals surface area contributed by atoms with Crippen LogP contribution in [0.2, 0.25) is 0 Å². The van der Waals surface area contributed by atoms with Crippen molar-refractivity contribution in [3.05, 3.63) is 35.9 Å². The molecule has 4 nitrogen and oxygen atoms in total. The van der Waals surface area contributed by atoms with Gasteiger partial charge in [-0.2, -0.15) is 0 Å². The summed E-state index contributed by atoms with van der Waals surface area (Å²) in [4.78, 5) is 0. The molecule has 1 aromatic rings. The molecule has 1 fully saturated rings. The number of aliphatic hydroxyl groups excluding tert-OH is 2. The summed E-state index contributed by atoms with van der Waals surface area (Å²) in [6, 6.07) is 9.72. The van der Waals surface area contributed by atoms with Gasteiger partial charge in [0.2, 0.25) is 0 Å². The van der Waals surface area contributed by atoms with Gasteiger partial charge >= 0.3 is 0 Å². The summed E-state index contributed by atoms with van der Waals surface area (Å²) in [5, 5.41) is 20.2.